The lowest BCUT2D eigenvalue weighted by atomic mass is 10.1. The van der Waals surface area contributed by atoms with Crippen molar-refractivity contribution in [2.75, 3.05) is 0 Å². The van der Waals surface area contributed by atoms with Gasteiger partial charge in [-0.2, -0.15) is 0 Å². The maximum Gasteiger partial charge on any atom is 0.260 e. The van der Waals surface area contributed by atoms with Gasteiger partial charge in [-0.05, 0) is 32.8 Å². The Morgan fingerprint density at radius 3 is 2.43 bits per heavy atom. The van der Waals surface area contributed by atoms with Crippen LogP contribution in [0.2, 0.25) is 0 Å². The van der Waals surface area contributed by atoms with E-state index in [-0.39, 0.29) is 18.0 Å². The van der Waals surface area contributed by atoms with Crippen LogP contribution in [0.4, 0.5) is 4.39 Å². The average Bonchev–Trinajstić information content (AvgIpc) is 2.44. The lowest BCUT2D eigenvalue weighted by molar-refractivity contribution is -0.128. The monoisotopic (exact) mass is 296 g/mol. The molecule has 2 atom stereocenters. The van der Waals surface area contributed by atoms with Crippen molar-refractivity contribution in [3.05, 3.63) is 29.6 Å². The summed E-state index contributed by atoms with van der Waals surface area (Å²) in [5, 5.41) is 2.90. The highest BCUT2D eigenvalue weighted by molar-refractivity contribution is 5.81. The molecule has 5 heteroatoms. The Hall–Kier alpha value is -1.62. The van der Waals surface area contributed by atoms with Gasteiger partial charge in [0.1, 0.15) is 11.6 Å². The van der Waals surface area contributed by atoms with Gasteiger partial charge in [0.05, 0.1) is 0 Å². The second kappa shape index (κ2) is 7.98. The number of rotatable bonds is 7. The van der Waals surface area contributed by atoms with Crippen molar-refractivity contribution in [3.8, 4) is 5.75 Å². The number of hydrogen-bond donors (Lipinski definition) is 2. The van der Waals surface area contributed by atoms with Crippen LogP contribution in [0.1, 0.15) is 52.1 Å². The Morgan fingerprint density at radius 2 is 1.95 bits per heavy atom. The van der Waals surface area contributed by atoms with Gasteiger partial charge < -0.3 is 15.8 Å². The van der Waals surface area contributed by atoms with Crippen LogP contribution in [-0.2, 0) is 4.79 Å². The molecule has 4 nitrogen and oxygen atoms in total. The number of amides is 1. The van der Waals surface area contributed by atoms with Crippen LogP contribution in [0, 0.1) is 5.82 Å². The molecule has 0 radical (unpaired) electrons. The topological polar surface area (TPSA) is 64.3 Å². The molecular weight excluding hydrogens is 271 g/mol. The third-order valence-corrected chi connectivity index (χ3v) is 3.48. The number of carbonyl (C=O) groups excluding carboxylic acids is 1. The third-order valence-electron chi connectivity index (χ3n) is 3.48. The van der Waals surface area contributed by atoms with E-state index in [0.29, 0.717) is 11.3 Å². The van der Waals surface area contributed by atoms with Gasteiger partial charge in [-0.3, -0.25) is 4.79 Å². The van der Waals surface area contributed by atoms with Gasteiger partial charge in [0.15, 0.2) is 6.10 Å². The zero-order chi connectivity index (χ0) is 16.0. The molecule has 3 N–H and O–H groups in total. The van der Waals surface area contributed by atoms with Crippen molar-refractivity contribution in [2.24, 2.45) is 5.73 Å². The van der Waals surface area contributed by atoms with E-state index < -0.39 is 11.9 Å². The Labute approximate surface area is 125 Å². The molecule has 0 aliphatic heterocycles. The number of halogens is 1. The molecule has 0 aliphatic carbocycles. The zero-order valence-corrected chi connectivity index (χ0v) is 13.2. The second-order valence-corrected chi connectivity index (χ2v) is 5.25. The summed E-state index contributed by atoms with van der Waals surface area (Å²) in [5.74, 6) is -0.292. The standard InChI is InChI=1S/C16H25FN2O2/c1-5-12(6-2)19-16(20)11(4)21-13-7-8-14(10(3)18)15(17)9-13/h7-12H,5-6,18H2,1-4H3,(H,19,20)/t10-,11?/m0/s1. The largest absolute Gasteiger partial charge is 0.481 e. The first kappa shape index (κ1) is 17.4. The van der Waals surface area contributed by atoms with E-state index in [9.17, 15) is 9.18 Å². The van der Waals surface area contributed by atoms with Crippen molar-refractivity contribution in [2.45, 2.75) is 58.7 Å². The molecule has 1 amide bonds. The van der Waals surface area contributed by atoms with E-state index in [1.807, 2.05) is 13.8 Å². The van der Waals surface area contributed by atoms with Gasteiger partial charge in [0.25, 0.3) is 5.91 Å². The predicted octanol–water partition coefficient (Wildman–Crippen LogP) is 2.92. The van der Waals surface area contributed by atoms with E-state index in [1.165, 1.54) is 6.07 Å². The Morgan fingerprint density at radius 1 is 1.33 bits per heavy atom. The van der Waals surface area contributed by atoms with Crippen molar-refractivity contribution < 1.29 is 13.9 Å². The van der Waals surface area contributed by atoms with E-state index >= 15 is 0 Å². The van der Waals surface area contributed by atoms with Gasteiger partial charge in [0.2, 0.25) is 0 Å². The van der Waals surface area contributed by atoms with Gasteiger partial charge in [-0.15, -0.1) is 0 Å². The van der Waals surface area contributed by atoms with Crippen molar-refractivity contribution in [1.29, 1.82) is 0 Å². The minimum Gasteiger partial charge on any atom is -0.481 e. The Kier molecular flexibility index (Phi) is 6.62. The van der Waals surface area contributed by atoms with E-state index in [0.717, 1.165) is 12.8 Å². The molecule has 1 aromatic carbocycles. The Balaban J connectivity index is 2.68. The number of ether oxygens (including phenoxy) is 1. The van der Waals surface area contributed by atoms with Gasteiger partial charge in [-0.1, -0.05) is 19.9 Å². The molecule has 0 aliphatic rings. The summed E-state index contributed by atoms with van der Waals surface area (Å²) < 4.78 is 19.3. The number of nitrogens with one attached hydrogen (secondary N) is 1. The zero-order valence-electron chi connectivity index (χ0n) is 13.2. The van der Waals surface area contributed by atoms with E-state index in [1.54, 1.807) is 26.0 Å². The van der Waals surface area contributed by atoms with E-state index in [2.05, 4.69) is 5.32 Å². The van der Waals surface area contributed by atoms with Gasteiger partial charge in [0, 0.05) is 23.7 Å². The molecule has 0 aromatic heterocycles. The smallest absolute Gasteiger partial charge is 0.260 e. The minimum atomic E-state index is -0.675. The van der Waals surface area contributed by atoms with Crippen LogP contribution < -0.4 is 15.8 Å². The summed E-state index contributed by atoms with van der Waals surface area (Å²) in [5.41, 5.74) is 6.08. The molecule has 0 saturated carbocycles. The fourth-order valence-electron chi connectivity index (χ4n) is 2.02. The van der Waals surface area contributed by atoms with Crippen LogP contribution in [-0.4, -0.2) is 18.1 Å². The second-order valence-electron chi connectivity index (χ2n) is 5.25. The lowest BCUT2D eigenvalue weighted by Crippen LogP contribution is -2.42. The maximum atomic E-state index is 13.8. The highest BCUT2D eigenvalue weighted by atomic mass is 19.1. The van der Waals surface area contributed by atoms with Crippen LogP contribution >= 0.6 is 0 Å². The summed E-state index contributed by atoms with van der Waals surface area (Å²) in [7, 11) is 0. The molecule has 1 rings (SSSR count). The SMILES string of the molecule is CCC(CC)NC(=O)C(C)Oc1ccc([C@H](C)N)c(F)c1. The summed E-state index contributed by atoms with van der Waals surface area (Å²) in [6.07, 6.45) is 1.06. The molecule has 0 saturated heterocycles. The van der Waals surface area contributed by atoms with Crippen molar-refractivity contribution >= 4 is 5.91 Å². The first-order chi connectivity index (χ1) is 9.88. The lowest BCUT2D eigenvalue weighted by Gasteiger charge is -2.19. The average molecular weight is 296 g/mol. The normalized spacial score (nSPS) is 13.9. The maximum absolute atomic E-state index is 13.8. The molecule has 0 heterocycles. The fraction of sp³-hybridized carbons (Fsp3) is 0.562. The first-order valence-corrected chi connectivity index (χ1v) is 7.41. The molecule has 1 aromatic rings. The highest BCUT2D eigenvalue weighted by Gasteiger charge is 2.18. The summed E-state index contributed by atoms with van der Waals surface area (Å²) in [4.78, 5) is 12.0. The third kappa shape index (κ3) is 5.01. The Bertz CT molecular complexity index is 473. The van der Waals surface area contributed by atoms with Gasteiger partial charge >= 0.3 is 0 Å². The molecule has 0 bridgehead atoms. The van der Waals surface area contributed by atoms with Crippen LogP contribution in [0.25, 0.3) is 0 Å². The van der Waals surface area contributed by atoms with Crippen LogP contribution in [0.15, 0.2) is 18.2 Å². The number of nitrogens with two attached hydrogens (primary N) is 1. The summed E-state index contributed by atoms with van der Waals surface area (Å²) in [6.45, 7) is 7.39. The highest BCUT2D eigenvalue weighted by Crippen LogP contribution is 2.21. The van der Waals surface area contributed by atoms with Crippen LogP contribution in [0.5, 0.6) is 5.75 Å². The molecular formula is C16H25FN2O2. The van der Waals surface area contributed by atoms with Crippen molar-refractivity contribution in [3.63, 3.8) is 0 Å². The first-order valence-electron chi connectivity index (χ1n) is 7.41. The van der Waals surface area contributed by atoms with Crippen molar-refractivity contribution in [1.82, 2.24) is 5.32 Å². The predicted molar refractivity (Wildman–Crippen MR) is 81.6 cm³/mol. The fourth-order valence-corrected chi connectivity index (χ4v) is 2.02. The molecule has 1 unspecified atom stereocenters. The number of hydrogen-bond acceptors (Lipinski definition) is 3. The summed E-state index contributed by atoms with van der Waals surface area (Å²) in [6, 6.07) is 4.23. The number of benzene rings is 1. The molecule has 118 valence electrons. The van der Waals surface area contributed by atoms with E-state index in [4.69, 9.17) is 10.5 Å². The molecule has 0 spiro atoms. The van der Waals surface area contributed by atoms with Gasteiger partial charge in [-0.25, -0.2) is 4.39 Å². The summed E-state index contributed by atoms with van der Waals surface area (Å²) >= 11 is 0. The number of carbonyl (C=O) groups is 1. The van der Waals surface area contributed by atoms with Crippen LogP contribution in [0.3, 0.4) is 0 Å². The molecule has 21 heavy (non-hydrogen) atoms. The molecule has 0 fully saturated rings. The quantitative estimate of drug-likeness (QED) is 0.813. The minimum absolute atomic E-state index is 0.140.